The molecule has 1 saturated carbocycles. The highest BCUT2D eigenvalue weighted by Crippen LogP contribution is 2.42. The summed E-state index contributed by atoms with van der Waals surface area (Å²) >= 11 is 0. The van der Waals surface area contributed by atoms with Crippen molar-refractivity contribution in [1.82, 2.24) is 0 Å². The molecule has 0 aromatic heterocycles. The molecule has 2 unspecified atom stereocenters. The van der Waals surface area contributed by atoms with Gasteiger partial charge in [0.2, 0.25) is 0 Å². The lowest BCUT2D eigenvalue weighted by atomic mass is 9.64. The molecule has 1 aromatic rings. The first-order valence-electron chi connectivity index (χ1n) is 6.92. The lowest BCUT2D eigenvalue weighted by Gasteiger charge is -2.49. The molecule has 1 aromatic carbocycles. The smallest absolute Gasteiger partial charge is 0.144 e. The fraction of sp³-hybridized carbons (Fsp3) is 0.600. The number of ether oxygens (including phenoxy) is 1. The van der Waals surface area contributed by atoms with Crippen LogP contribution in [0.1, 0.15) is 33.6 Å². The van der Waals surface area contributed by atoms with Crippen LogP contribution in [0.3, 0.4) is 0 Å². The van der Waals surface area contributed by atoms with E-state index in [1.165, 1.54) is 0 Å². The molecule has 0 radical (unpaired) electrons. The Kier molecular flexibility index (Phi) is 3.90. The molecule has 0 saturated heterocycles. The summed E-state index contributed by atoms with van der Waals surface area (Å²) < 4.78 is 5.62. The van der Waals surface area contributed by atoms with Gasteiger partial charge in [-0.25, -0.2) is 0 Å². The van der Waals surface area contributed by atoms with E-state index >= 15 is 0 Å². The Bertz CT molecular complexity index is 446. The van der Waals surface area contributed by atoms with E-state index in [0.717, 1.165) is 24.3 Å². The number of aliphatic hydroxyl groups is 1. The van der Waals surface area contributed by atoms with Crippen molar-refractivity contribution < 1.29 is 9.84 Å². The molecule has 0 spiro atoms. The van der Waals surface area contributed by atoms with Crippen molar-refractivity contribution in [3.63, 3.8) is 0 Å². The van der Waals surface area contributed by atoms with Crippen LogP contribution in [-0.4, -0.2) is 23.9 Å². The van der Waals surface area contributed by atoms with Crippen molar-refractivity contribution in [3.05, 3.63) is 18.2 Å². The predicted octanol–water partition coefficient (Wildman–Crippen LogP) is 2.63. The number of nitrogens with two attached hydrogens (primary N) is 1. The number of benzene rings is 1. The van der Waals surface area contributed by atoms with E-state index in [2.05, 4.69) is 26.1 Å². The number of anilines is 2. The van der Waals surface area contributed by atoms with E-state index in [-0.39, 0.29) is 17.6 Å². The first-order valence-corrected chi connectivity index (χ1v) is 6.92. The second-order valence-electron chi connectivity index (χ2n) is 5.87. The van der Waals surface area contributed by atoms with Crippen LogP contribution in [-0.2, 0) is 0 Å². The molecule has 0 aliphatic heterocycles. The Morgan fingerprint density at radius 2 is 2.21 bits per heavy atom. The van der Waals surface area contributed by atoms with E-state index < -0.39 is 0 Å². The standard InChI is InChI=1S/C15H24N2O2/c1-4-7-19-12-8-10(5-6-11(12)16)17-13-9-14(18)15(13,2)3/h5-6,8,13-14,17-18H,4,7,9,16H2,1-3H3. The summed E-state index contributed by atoms with van der Waals surface area (Å²) in [6, 6.07) is 6.03. The SMILES string of the molecule is CCCOc1cc(NC2CC(O)C2(C)C)ccc1N. The van der Waals surface area contributed by atoms with Gasteiger partial charge >= 0.3 is 0 Å². The Morgan fingerprint density at radius 1 is 1.47 bits per heavy atom. The zero-order valence-electron chi connectivity index (χ0n) is 11.9. The van der Waals surface area contributed by atoms with Crippen LogP contribution in [0.15, 0.2) is 18.2 Å². The number of rotatable bonds is 5. The van der Waals surface area contributed by atoms with Crippen molar-refractivity contribution >= 4 is 11.4 Å². The number of aliphatic hydroxyl groups excluding tert-OH is 1. The maximum absolute atomic E-state index is 9.75. The van der Waals surface area contributed by atoms with Crippen molar-refractivity contribution in [2.75, 3.05) is 17.7 Å². The van der Waals surface area contributed by atoms with Crippen LogP contribution < -0.4 is 15.8 Å². The second kappa shape index (κ2) is 5.29. The van der Waals surface area contributed by atoms with Gasteiger partial charge < -0.3 is 20.9 Å². The average molecular weight is 264 g/mol. The molecule has 19 heavy (non-hydrogen) atoms. The summed E-state index contributed by atoms with van der Waals surface area (Å²) in [5.41, 5.74) is 7.45. The Hall–Kier alpha value is -1.42. The predicted molar refractivity (Wildman–Crippen MR) is 78.5 cm³/mol. The Balaban J connectivity index is 2.05. The monoisotopic (exact) mass is 264 g/mol. The van der Waals surface area contributed by atoms with Gasteiger partial charge in [0.05, 0.1) is 18.4 Å². The summed E-state index contributed by atoms with van der Waals surface area (Å²) in [4.78, 5) is 0. The molecular formula is C15H24N2O2. The fourth-order valence-corrected chi connectivity index (χ4v) is 2.31. The summed E-state index contributed by atoms with van der Waals surface area (Å²) in [5.74, 6) is 0.726. The molecule has 0 heterocycles. The number of hydrogen-bond donors (Lipinski definition) is 3. The molecule has 2 atom stereocenters. The maximum atomic E-state index is 9.75. The largest absolute Gasteiger partial charge is 0.491 e. The molecule has 4 N–H and O–H groups in total. The average Bonchev–Trinajstić information content (AvgIpc) is 2.39. The molecule has 106 valence electrons. The highest BCUT2D eigenvalue weighted by atomic mass is 16.5. The molecular weight excluding hydrogens is 240 g/mol. The summed E-state index contributed by atoms with van der Waals surface area (Å²) in [7, 11) is 0. The quantitative estimate of drug-likeness (QED) is 0.715. The van der Waals surface area contributed by atoms with Crippen LogP contribution in [0.4, 0.5) is 11.4 Å². The molecule has 0 amide bonds. The van der Waals surface area contributed by atoms with Gasteiger partial charge in [0.15, 0.2) is 0 Å². The third-order valence-corrected chi connectivity index (χ3v) is 4.03. The van der Waals surface area contributed by atoms with Crippen LogP contribution >= 0.6 is 0 Å². The van der Waals surface area contributed by atoms with Crippen molar-refractivity contribution in [3.8, 4) is 5.75 Å². The van der Waals surface area contributed by atoms with Crippen LogP contribution in [0, 0.1) is 5.41 Å². The first kappa shape index (κ1) is 14.0. The number of nitrogens with one attached hydrogen (secondary N) is 1. The molecule has 4 nitrogen and oxygen atoms in total. The van der Waals surface area contributed by atoms with Crippen LogP contribution in [0.25, 0.3) is 0 Å². The number of hydrogen-bond acceptors (Lipinski definition) is 4. The van der Waals surface area contributed by atoms with E-state index in [1.807, 2.05) is 18.2 Å². The van der Waals surface area contributed by atoms with Gasteiger partial charge in [0.25, 0.3) is 0 Å². The van der Waals surface area contributed by atoms with Gasteiger partial charge in [-0.2, -0.15) is 0 Å². The lowest BCUT2D eigenvalue weighted by Crippen LogP contribution is -2.56. The van der Waals surface area contributed by atoms with Crippen molar-refractivity contribution in [2.45, 2.75) is 45.8 Å². The van der Waals surface area contributed by atoms with Gasteiger partial charge in [0, 0.05) is 23.2 Å². The third kappa shape index (κ3) is 2.78. The topological polar surface area (TPSA) is 67.5 Å². The highest BCUT2D eigenvalue weighted by Gasteiger charge is 2.47. The van der Waals surface area contributed by atoms with Crippen LogP contribution in [0.2, 0.25) is 0 Å². The molecule has 1 aliphatic rings. The normalized spacial score (nSPS) is 24.6. The zero-order chi connectivity index (χ0) is 14.0. The maximum Gasteiger partial charge on any atom is 0.144 e. The van der Waals surface area contributed by atoms with Gasteiger partial charge in [-0.05, 0) is 25.0 Å². The van der Waals surface area contributed by atoms with Gasteiger partial charge in [0.1, 0.15) is 5.75 Å². The van der Waals surface area contributed by atoms with Gasteiger partial charge in [-0.1, -0.05) is 20.8 Å². The molecule has 1 aliphatic carbocycles. The van der Waals surface area contributed by atoms with E-state index in [9.17, 15) is 5.11 Å². The Morgan fingerprint density at radius 3 is 2.79 bits per heavy atom. The minimum Gasteiger partial charge on any atom is -0.491 e. The first-order chi connectivity index (χ1) is 8.95. The van der Waals surface area contributed by atoms with Gasteiger partial charge in [-0.3, -0.25) is 0 Å². The second-order valence-corrected chi connectivity index (χ2v) is 5.87. The van der Waals surface area contributed by atoms with Crippen LogP contribution in [0.5, 0.6) is 5.75 Å². The van der Waals surface area contributed by atoms with Crippen molar-refractivity contribution in [1.29, 1.82) is 0 Å². The third-order valence-electron chi connectivity index (χ3n) is 4.03. The minimum absolute atomic E-state index is 0.0914. The van der Waals surface area contributed by atoms with Gasteiger partial charge in [-0.15, -0.1) is 0 Å². The molecule has 1 fully saturated rings. The number of nitrogen functional groups attached to an aromatic ring is 1. The summed E-state index contributed by atoms with van der Waals surface area (Å²) in [5, 5.41) is 13.2. The van der Waals surface area contributed by atoms with Crippen molar-refractivity contribution in [2.24, 2.45) is 5.41 Å². The van der Waals surface area contributed by atoms with E-state index in [0.29, 0.717) is 12.3 Å². The minimum atomic E-state index is -0.227. The molecule has 2 rings (SSSR count). The van der Waals surface area contributed by atoms with E-state index in [1.54, 1.807) is 0 Å². The summed E-state index contributed by atoms with van der Waals surface area (Å²) in [6.45, 7) is 6.88. The zero-order valence-corrected chi connectivity index (χ0v) is 11.9. The van der Waals surface area contributed by atoms with E-state index in [4.69, 9.17) is 10.5 Å². The highest BCUT2D eigenvalue weighted by molar-refractivity contribution is 5.62. The fourth-order valence-electron chi connectivity index (χ4n) is 2.31. The Labute approximate surface area is 115 Å². The lowest BCUT2D eigenvalue weighted by molar-refractivity contribution is -0.0510. The summed E-state index contributed by atoms with van der Waals surface area (Å²) in [6.07, 6.45) is 1.51. The molecule has 0 bridgehead atoms. The molecule has 4 heteroatoms.